The number of rotatable bonds is 11. The molecule has 0 aromatic carbocycles. The summed E-state index contributed by atoms with van der Waals surface area (Å²) >= 11 is 0. The van der Waals surface area contributed by atoms with Gasteiger partial charge in [-0.05, 0) is 45.4 Å². The first-order chi connectivity index (χ1) is 11.6. The molecule has 2 fully saturated rings. The van der Waals surface area contributed by atoms with Gasteiger partial charge in [-0.1, -0.05) is 77.6 Å². The van der Waals surface area contributed by atoms with Gasteiger partial charge >= 0.3 is 0 Å². The van der Waals surface area contributed by atoms with Gasteiger partial charge in [0.25, 0.3) is 0 Å². The molecule has 0 bridgehead atoms. The summed E-state index contributed by atoms with van der Waals surface area (Å²) in [6.45, 7) is 7.69. The summed E-state index contributed by atoms with van der Waals surface area (Å²) in [5.74, 6) is 0.957. The van der Waals surface area contributed by atoms with Gasteiger partial charge in [-0.3, -0.25) is 5.32 Å². The maximum atomic E-state index is 6.14. The Labute approximate surface area is 151 Å². The summed E-state index contributed by atoms with van der Waals surface area (Å²) in [7, 11) is 0. The van der Waals surface area contributed by atoms with E-state index in [0.29, 0.717) is 0 Å². The van der Waals surface area contributed by atoms with Crippen LogP contribution in [0.2, 0.25) is 0 Å². The maximum absolute atomic E-state index is 6.14. The lowest BCUT2D eigenvalue weighted by atomic mass is 9.80. The molecule has 1 N–H and O–H groups in total. The first-order valence-electron chi connectivity index (χ1n) is 11.0. The van der Waals surface area contributed by atoms with E-state index in [0.717, 1.165) is 12.5 Å². The molecule has 2 aliphatic rings. The third-order valence-electron chi connectivity index (χ3n) is 6.15. The van der Waals surface area contributed by atoms with Gasteiger partial charge in [-0.15, -0.1) is 0 Å². The minimum Gasteiger partial charge on any atom is -0.359 e. The topological polar surface area (TPSA) is 21.3 Å². The molecule has 0 atom stereocenters. The first kappa shape index (κ1) is 20.2. The van der Waals surface area contributed by atoms with E-state index in [4.69, 9.17) is 4.74 Å². The SMILES string of the molecule is CCCCCCCCCCCCC1CCC2(CC1)NC(C)(C)CO2. The van der Waals surface area contributed by atoms with E-state index < -0.39 is 0 Å². The summed E-state index contributed by atoms with van der Waals surface area (Å²) in [4.78, 5) is 0. The molecule has 0 aromatic heterocycles. The second kappa shape index (κ2) is 10.2. The van der Waals surface area contributed by atoms with E-state index in [1.54, 1.807) is 0 Å². The second-order valence-corrected chi connectivity index (χ2v) is 9.21. The van der Waals surface area contributed by atoms with Gasteiger partial charge in [0.2, 0.25) is 0 Å². The normalized spacial score (nSPS) is 29.4. The third kappa shape index (κ3) is 7.04. The van der Waals surface area contributed by atoms with Crippen LogP contribution in [0, 0.1) is 5.92 Å². The lowest BCUT2D eigenvalue weighted by Crippen LogP contribution is -2.50. The van der Waals surface area contributed by atoms with Crippen molar-refractivity contribution >= 4 is 0 Å². The summed E-state index contributed by atoms with van der Waals surface area (Å²) in [5, 5.41) is 3.75. The van der Waals surface area contributed by atoms with Crippen molar-refractivity contribution in [2.75, 3.05) is 6.61 Å². The van der Waals surface area contributed by atoms with E-state index >= 15 is 0 Å². The van der Waals surface area contributed by atoms with Crippen molar-refractivity contribution in [2.45, 2.75) is 128 Å². The highest BCUT2D eigenvalue weighted by Crippen LogP contribution is 2.39. The highest BCUT2D eigenvalue weighted by Gasteiger charge is 2.45. The van der Waals surface area contributed by atoms with E-state index in [-0.39, 0.29) is 11.3 Å². The molecule has 1 heterocycles. The van der Waals surface area contributed by atoms with Crippen LogP contribution < -0.4 is 5.32 Å². The Balaban J connectivity index is 1.43. The zero-order valence-corrected chi connectivity index (χ0v) is 16.8. The summed E-state index contributed by atoms with van der Waals surface area (Å²) in [6.07, 6.45) is 21.1. The molecule has 1 saturated heterocycles. The van der Waals surface area contributed by atoms with Crippen molar-refractivity contribution in [3.63, 3.8) is 0 Å². The molecule has 1 aliphatic heterocycles. The first-order valence-corrected chi connectivity index (χ1v) is 11.0. The molecule has 0 radical (unpaired) electrons. The van der Waals surface area contributed by atoms with Crippen LogP contribution in [0.25, 0.3) is 0 Å². The van der Waals surface area contributed by atoms with Crippen molar-refractivity contribution in [3.05, 3.63) is 0 Å². The van der Waals surface area contributed by atoms with Crippen LogP contribution in [-0.2, 0) is 4.74 Å². The maximum Gasteiger partial charge on any atom is 0.119 e. The van der Waals surface area contributed by atoms with E-state index in [9.17, 15) is 0 Å². The Morgan fingerprint density at radius 2 is 1.38 bits per heavy atom. The lowest BCUT2D eigenvalue weighted by molar-refractivity contribution is -0.0492. The summed E-state index contributed by atoms with van der Waals surface area (Å²) in [6, 6.07) is 0. The van der Waals surface area contributed by atoms with Crippen LogP contribution >= 0.6 is 0 Å². The predicted molar refractivity (Wildman–Crippen MR) is 104 cm³/mol. The molecule has 1 spiro atoms. The average molecular weight is 338 g/mol. The van der Waals surface area contributed by atoms with Crippen molar-refractivity contribution < 1.29 is 4.74 Å². The van der Waals surface area contributed by atoms with Gasteiger partial charge in [0.1, 0.15) is 5.72 Å². The molecule has 1 aliphatic carbocycles. The smallest absolute Gasteiger partial charge is 0.119 e. The van der Waals surface area contributed by atoms with Crippen molar-refractivity contribution in [2.24, 2.45) is 5.92 Å². The highest BCUT2D eigenvalue weighted by molar-refractivity contribution is 4.97. The summed E-state index contributed by atoms with van der Waals surface area (Å²) < 4.78 is 6.14. The number of hydrogen-bond donors (Lipinski definition) is 1. The minimum atomic E-state index is 0.0256. The molecule has 1 saturated carbocycles. The minimum absolute atomic E-state index is 0.0256. The number of hydrogen-bond acceptors (Lipinski definition) is 2. The monoisotopic (exact) mass is 337 g/mol. The standard InChI is InChI=1S/C22H43NO/c1-4-5-6-7-8-9-10-11-12-13-14-20-15-17-22(18-16-20)23-21(2,3)19-24-22/h20,23H,4-19H2,1-3H3. The zero-order valence-electron chi connectivity index (χ0n) is 16.8. The molecule has 0 amide bonds. The van der Waals surface area contributed by atoms with E-state index in [1.807, 2.05) is 0 Å². The Morgan fingerprint density at radius 3 is 1.88 bits per heavy atom. The third-order valence-corrected chi connectivity index (χ3v) is 6.15. The highest BCUT2D eigenvalue weighted by atomic mass is 16.5. The van der Waals surface area contributed by atoms with Gasteiger partial charge in [0.15, 0.2) is 0 Å². The zero-order chi connectivity index (χ0) is 17.3. The van der Waals surface area contributed by atoms with Crippen molar-refractivity contribution in [1.29, 1.82) is 0 Å². The number of ether oxygens (including phenoxy) is 1. The molecule has 142 valence electrons. The quantitative estimate of drug-likeness (QED) is 0.430. The fraction of sp³-hybridized carbons (Fsp3) is 1.00. The molecule has 2 nitrogen and oxygen atoms in total. The predicted octanol–water partition coefficient (Wildman–Crippen LogP) is 6.58. The van der Waals surface area contributed by atoms with Gasteiger partial charge in [-0.25, -0.2) is 0 Å². The molecule has 0 aromatic rings. The molecule has 0 unspecified atom stereocenters. The fourth-order valence-electron chi connectivity index (χ4n) is 4.63. The largest absolute Gasteiger partial charge is 0.359 e. The summed E-state index contributed by atoms with van der Waals surface area (Å²) in [5.41, 5.74) is 0.196. The molecule has 2 heteroatoms. The van der Waals surface area contributed by atoms with Gasteiger partial charge < -0.3 is 4.74 Å². The Bertz CT molecular complexity index is 331. The van der Waals surface area contributed by atoms with E-state index in [2.05, 4.69) is 26.1 Å². The molecular formula is C22H43NO. The lowest BCUT2D eigenvalue weighted by Gasteiger charge is -2.37. The van der Waals surface area contributed by atoms with Gasteiger partial charge in [0, 0.05) is 5.54 Å². The molecular weight excluding hydrogens is 294 g/mol. The number of nitrogens with one attached hydrogen (secondary N) is 1. The molecule has 2 rings (SSSR count). The van der Waals surface area contributed by atoms with Crippen LogP contribution in [0.1, 0.15) is 117 Å². The van der Waals surface area contributed by atoms with Crippen molar-refractivity contribution in [3.8, 4) is 0 Å². The molecule has 24 heavy (non-hydrogen) atoms. The van der Waals surface area contributed by atoms with Crippen LogP contribution in [0.3, 0.4) is 0 Å². The second-order valence-electron chi connectivity index (χ2n) is 9.21. The van der Waals surface area contributed by atoms with E-state index in [1.165, 1.54) is 96.3 Å². The van der Waals surface area contributed by atoms with Crippen LogP contribution in [0.5, 0.6) is 0 Å². The Kier molecular flexibility index (Phi) is 8.57. The average Bonchev–Trinajstić information content (AvgIpc) is 2.86. The number of unbranched alkanes of at least 4 members (excludes halogenated alkanes) is 9. The van der Waals surface area contributed by atoms with Crippen LogP contribution in [-0.4, -0.2) is 17.9 Å². The Hall–Kier alpha value is -0.0800. The van der Waals surface area contributed by atoms with Gasteiger partial charge in [0.05, 0.1) is 6.61 Å². The van der Waals surface area contributed by atoms with Crippen molar-refractivity contribution in [1.82, 2.24) is 5.32 Å². The Morgan fingerprint density at radius 1 is 0.833 bits per heavy atom. The van der Waals surface area contributed by atoms with Gasteiger partial charge in [-0.2, -0.15) is 0 Å². The van der Waals surface area contributed by atoms with Crippen LogP contribution in [0.15, 0.2) is 0 Å². The fourth-order valence-corrected chi connectivity index (χ4v) is 4.63. The van der Waals surface area contributed by atoms with Crippen LogP contribution in [0.4, 0.5) is 0 Å².